The fourth-order valence-electron chi connectivity index (χ4n) is 3.07. The Balaban J connectivity index is 1.65. The number of benzene rings is 2. The third kappa shape index (κ3) is 4.11. The molecule has 0 spiro atoms. The molecule has 0 aromatic heterocycles. The van der Waals surface area contributed by atoms with Crippen LogP contribution in [0.2, 0.25) is 0 Å². The van der Waals surface area contributed by atoms with Crippen LogP contribution in [0.1, 0.15) is 31.2 Å². The molecule has 0 amide bonds. The Hall–Kier alpha value is -2.33. The van der Waals surface area contributed by atoms with Crippen molar-refractivity contribution < 1.29 is 4.39 Å². The van der Waals surface area contributed by atoms with Gasteiger partial charge in [-0.2, -0.15) is 0 Å². The Bertz CT molecular complexity index is 705. The summed E-state index contributed by atoms with van der Waals surface area (Å²) >= 11 is 0. The van der Waals surface area contributed by atoms with E-state index in [1.54, 1.807) is 12.1 Å². The minimum Gasteiger partial charge on any atom is -0.207 e. The van der Waals surface area contributed by atoms with Crippen LogP contribution in [0.4, 0.5) is 4.39 Å². The molecule has 0 bridgehead atoms. The molecule has 1 aliphatic carbocycles. The zero-order chi connectivity index (χ0) is 16.1. The summed E-state index contributed by atoms with van der Waals surface area (Å²) in [5, 5.41) is 0. The molecule has 1 aliphatic rings. The van der Waals surface area contributed by atoms with Crippen LogP contribution in [0.3, 0.4) is 0 Å². The van der Waals surface area contributed by atoms with Crippen molar-refractivity contribution in [3.63, 3.8) is 0 Å². The van der Waals surface area contributed by atoms with Crippen LogP contribution < -0.4 is 0 Å². The molecule has 0 saturated heterocycles. The molecule has 0 nitrogen and oxygen atoms in total. The maximum Gasteiger partial charge on any atom is 0.123 e. The third-order valence-electron chi connectivity index (χ3n) is 4.59. The van der Waals surface area contributed by atoms with Crippen molar-refractivity contribution >= 4 is 0 Å². The van der Waals surface area contributed by atoms with Crippen molar-refractivity contribution in [3.05, 3.63) is 72.6 Å². The first kappa shape index (κ1) is 15.6. The molecule has 0 N–H and O–H groups in total. The highest BCUT2D eigenvalue weighted by molar-refractivity contribution is 5.64. The SMILES string of the molecule is C=C[C@H]1CC[C@H](C#Cc2ccc(-c3ccc(F)cc3)cc2)CC1. The van der Waals surface area contributed by atoms with Gasteiger partial charge >= 0.3 is 0 Å². The van der Waals surface area contributed by atoms with Crippen LogP contribution in [-0.4, -0.2) is 0 Å². The van der Waals surface area contributed by atoms with Gasteiger partial charge < -0.3 is 0 Å². The second kappa shape index (κ2) is 7.29. The average Bonchev–Trinajstić information content (AvgIpc) is 2.61. The van der Waals surface area contributed by atoms with Crippen molar-refractivity contribution in [2.75, 3.05) is 0 Å². The summed E-state index contributed by atoms with van der Waals surface area (Å²) in [5.74, 6) is 7.71. The second-order valence-corrected chi connectivity index (χ2v) is 6.20. The van der Waals surface area contributed by atoms with Gasteiger partial charge in [0.1, 0.15) is 5.82 Å². The van der Waals surface area contributed by atoms with Crippen LogP contribution in [0.25, 0.3) is 11.1 Å². The molecule has 2 aromatic carbocycles. The quantitative estimate of drug-likeness (QED) is 0.483. The lowest BCUT2D eigenvalue weighted by Crippen LogP contribution is -2.11. The molecule has 1 fully saturated rings. The van der Waals surface area contributed by atoms with Gasteiger partial charge in [-0.1, -0.05) is 42.2 Å². The zero-order valence-electron chi connectivity index (χ0n) is 13.3. The van der Waals surface area contributed by atoms with E-state index in [0.29, 0.717) is 11.8 Å². The van der Waals surface area contributed by atoms with Crippen LogP contribution in [0, 0.1) is 29.5 Å². The Morgan fingerprint density at radius 2 is 1.43 bits per heavy atom. The fourth-order valence-corrected chi connectivity index (χ4v) is 3.07. The lowest BCUT2D eigenvalue weighted by Gasteiger charge is -2.22. The summed E-state index contributed by atoms with van der Waals surface area (Å²) in [4.78, 5) is 0. The number of rotatable bonds is 2. The number of allylic oxidation sites excluding steroid dienone is 1. The van der Waals surface area contributed by atoms with Gasteiger partial charge in [0, 0.05) is 11.5 Å². The average molecular weight is 304 g/mol. The van der Waals surface area contributed by atoms with E-state index < -0.39 is 0 Å². The summed E-state index contributed by atoms with van der Waals surface area (Å²) in [6.45, 7) is 3.88. The molecule has 23 heavy (non-hydrogen) atoms. The first-order valence-electron chi connectivity index (χ1n) is 8.24. The first-order chi connectivity index (χ1) is 11.2. The molecule has 0 heterocycles. The van der Waals surface area contributed by atoms with Gasteiger partial charge in [0.2, 0.25) is 0 Å². The molecule has 0 unspecified atom stereocenters. The predicted molar refractivity (Wildman–Crippen MR) is 94.4 cm³/mol. The van der Waals surface area contributed by atoms with Crippen molar-refractivity contribution in [1.82, 2.24) is 0 Å². The molecular weight excluding hydrogens is 283 g/mol. The Kier molecular flexibility index (Phi) is 4.93. The highest BCUT2D eigenvalue weighted by atomic mass is 19.1. The summed E-state index contributed by atoms with van der Waals surface area (Å²) in [7, 11) is 0. The lowest BCUT2D eigenvalue weighted by molar-refractivity contribution is 0.365. The summed E-state index contributed by atoms with van der Waals surface area (Å²) in [6, 6.07) is 14.8. The van der Waals surface area contributed by atoms with Gasteiger partial charge in [-0.05, 0) is 67.0 Å². The molecule has 2 aromatic rings. The predicted octanol–water partition coefficient (Wildman–Crippen LogP) is 5.84. The van der Waals surface area contributed by atoms with Crippen LogP contribution in [0.15, 0.2) is 61.2 Å². The number of hydrogen-bond donors (Lipinski definition) is 0. The maximum atomic E-state index is 13.0. The molecule has 0 radical (unpaired) electrons. The van der Waals surface area contributed by atoms with Gasteiger partial charge in [0.05, 0.1) is 0 Å². The van der Waals surface area contributed by atoms with Gasteiger partial charge in [-0.3, -0.25) is 0 Å². The molecule has 1 heteroatoms. The highest BCUT2D eigenvalue weighted by Crippen LogP contribution is 2.28. The largest absolute Gasteiger partial charge is 0.207 e. The van der Waals surface area contributed by atoms with E-state index in [1.807, 2.05) is 24.3 Å². The Morgan fingerprint density at radius 1 is 0.870 bits per heavy atom. The van der Waals surface area contributed by atoms with Gasteiger partial charge in [-0.25, -0.2) is 4.39 Å². The smallest absolute Gasteiger partial charge is 0.123 e. The van der Waals surface area contributed by atoms with Crippen molar-refractivity contribution in [3.8, 4) is 23.0 Å². The molecule has 116 valence electrons. The fraction of sp³-hybridized carbons (Fsp3) is 0.273. The minimum atomic E-state index is -0.206. The van der Waals surface area contributed by atoms with Crippen LogP contribution in [0.5, 0.6) is 0 Å². The normalized spacial score (nSPS) is 20.4. The van der Waals surface area contributed by atoms with Crippen molar-refractivity contribution in [2.24, 2.45) is 11.8 Å². The van der Waals surface area contributed by atoms with Crippen LogP contribution >= 0.6 is 0 Å². The second-order valence-electron chi connectivity index (χ2n) is 6.20. The topological polar surface area (TPSA) is 0 Å². The maximum absolute atomic E-state index is 13.0. The molecule has 0 aliphatic heterocycles. The highest BCUT2D eigenvalue weighted by Gasteiger charge is 2.17. The zero-order valence-corrected chi connectivity index (χ0v) is 13.3. The Morgan fingerprint density at radius 3 is 2.00 bits per heavy atom. The van der Waals surface area contributed by atoms with E-state index in [4.69, 9.17) is 0 Å². The molecule has 3 rings (SSSR count). The third-order valence-corrected chi connectivity index (χ3v) is 4.59. The van der Waals surface area contributed by atoms with Gasteiger partial charge in [0.15, 0.2) is 0 Å². The van der Waals surface area contributed by atoms with Crippen molar-refractivity contribution in [1.29, 1.82) is 0 Å². The van der Waals surface area contributed by atoms with E-state index >= 15 is 0 Å². The van der Waals surface area contributed by atoms with E-state index in [0.717, 1.165) is 16.7 Å². The number of halogens is 1. The van der Waals surface area contributed by atoms with E-state index in [1.165, 1.54) is 37.8 Å². The Labute approximate surface area is 138 Å². The standard InChI is InChI=1S/C22H21F/c1-2-17-3-5-18(6-4-17)7-8-19-9-11-20(12-10-19)21-13-15-22(23)16-14-21/h2,9-18H,1,3-6H2/t17-,18-. The lowest BCUT2D eigenvalue weighted by atomic mass is 9.82. The number of hydrogen-bond acceptors (Lipinski definition) is 0. The van der Waals surface area contributed by atoms with Gasteiger partial charge in [-0.15, -0.1) is 6.58 Å². The minimum absolute atomic E-state index is 0.206. The van der Waals surface area contributed by atoms with Gasteiger partial charge in [0.25, 0.3) is 0 Å². The van der Waals surface area contributed by atoms with E-state index in [2.05, 4.69) is 24.5 Å². The summed E-state index contributed by atoms with van der Waals surface area (Å²) < 4.78 is 13.0. The van der Waals surface area contributed by atoms with Crippen LogP contribution in [-0.2, 0) is 0 Å². The monoisotopic (exact) mass is 304 g/mol. The summed E-state index contributed by atoms with van der Waals surface area (Å²) in [6.07, 6.45) is 6.87. The molecule has 0 atom stereocenters. The molecular formula is C22H21F. The first-order valence-corrected chi connectivity index (χ1v) is 8.24. The molecule has 1 saturated carbocycles. The summed E-state index contributed by atoms with van der Waals surface area (Å²) in [5.41, 5.74) is 3.15. The van der Waals surface area contributed by atoms with E-state index in [-0.39, 0.29) is 5.82 Å². The van der Waals surface area contributed by atoms with E-state index in [9.17, 15) is 4.39 Å². The van der Waals surface area contributed by atoms with Crippen molar-refractivity contribution in [2.45, 2.75) is 25.7 Å².